The summed E-state index contributed by atoms with van der Waals surface area (Å²) >= 11 is 0. The van der Waals surface area contributed by atoms with Crippen molar-refractivity contribution in [2.24, 2.45) is 0 Å². The molecule has 1 amide bonds. The summed E-state index contributed by atoms with van der Waals surface area (Å²) in [6, 6.07) is 5.71. The average molecular weight is 293 g/mol. The van der Waals surface area contributed by atoms with E-state index in [1.54, 1.807) is 0 Å². The van der Waals surface area contributed by atoms with Gasteiger partial charge in [-0.15, -0.1) is 0 Å². The van der Waals surface area contributed by atoms with E-state index in [0.717, 1.165) is 11.1 Å². The fraction of sp³-hybridized carbons (Fsp3) is 0.467. The van der Waals surface area contributed by atoms with Crippen LogP contribution in [0.1, 0.15) is 17.5 Å². The normalized spacial score (nSPS) is 21.0. The molecule has 2 N–H and O–H groups in total. The van der Waals surface area contributed by atoms with Crippen molar-refractivity contribution >= 4 is 11.9 Å². The number of amides is 1. The van der Waals surface area contributed by atoms with Gasteiger partial charge in [-0.2, -0.15) is 0 Å². The summed E-state index contributed by atoms with van der Waals surface area (Å²) < 4.78 is 10.6. The lowest BCUT2D eigenvalue weighted by Gasteiger charge is -2.23. The van der Waals surface area contributed by atoms with Crippen molar-refractivity contribution in [3.8, 4) is 5.75 Å². The largest absolute Gasteiger partial charge is 0.483 e. The van der Waals surface area contributed by atoms with Crippen LogP contribution in [0.15, 0.2) is 18.2 Å². The topological polar surface area (TPSA) is 84.9 Å². The molecule has 114 valence electrons. The van der Waals surface area contributed by atoms with Gasteiger partial charge in [-0.25, -0.2) is 4.79 Å². The molecule has 6 heteroatoms. The van der Waals surface area contributed by atoms with Gasteiger partial charge in [0.25, 0.3) is 5.91 Å². The number of benzene rings is 1. The molecule has 1 aliphatic heterocycles. The van der Waals surface area contributed by atoms with Crippen molar-refractivity contribution in [2.45, 2.75) is 25.8 Å². The molecule has 1 fully saturated rings. The summed E-state index contributed by atoms with van der Waals surface area (Å²) in [5.41, 5.74) is 0.620. The van der Waals surface area contributed by atoms with Crippen LogP contribution < -0.4 is 10.1 Å². The zero-order chi connectivity index (χ0) is 15.5. The molecule has 1 atom stereocenters. The summed E-state index contributed by atoms with van der Waals surface area (Å²) in [7, 11) is 0. The van der Waals surface area contributed by atoms with Gasteiger partial charge in [-0.1, -0.05) is 12.1 Å². The van der Waals surface area contributed by atoms with E-state index >= 15 is 0 Å². The molecule has 0 spiro atoms. The summed E-state index contributed by atoms with van der Waals surface area (Å²) in [5, 5.41) is 11.8. The summed E-state index contributed by atoms with van der Waals surface area (Å²) in [6.45, 7) is 3.90. The SMILES string of the molecule is Cc1ccc(C)c(OCC(=O)NC2(C(=O)O)CCOC2)c1. The Balaban J connectivity index is 1.96. The molecule has 0 aliphatic carbocycles. The molecular weight excluding hydrogens is 274 g/mol. The standard InChI is InChI=1S/C15H19NO5/c1-10-3-4-11(2)12(7-10)21-8-13(17)16-15(14(18)19)5-6-20-9-15/h3-4,7H,5-6,8-9H2,1-2H3,(H,16,17)(H,18,19). The maximum atomic E-state index is 11.9. The third-order valence-corrected chi connectivity index (χ3v) is 3.51. The first-order valence-corrected chi connectivity index (χ1v) is 6.75. The number of nitrogens with one attached hydrogen (secondary N) is 1. The molecule has 1 aromatic rings. The highest BCUT2D eigenvalue weighted by Gasteiger charge is 2.43. The molecular formula is C15H19NO5. The molecule has 21 heavy (non-hydrogen) atoms. The number of rotatable bonds is 5. The predicted molar refractivity (Wildman–Crippen MR) is 75.4 cm³/mol. The molecule has 1 saturated heterocycles. The first-order valence-electron chi connectivity index (χ1n) is 6.75. The Morgan fingerprint density at radius 1 is 1.43 bits per heavy atom. The number of hydrogen-bond donors (Lipinski definition) is 2. The van der Waals surface area contributed by atoms with Crippen molar-refractivity contribution in [3.63, 3.8) is 0 Å². The molecule has 0 aromatic heterocycles. The van der Waals surface area contributed by atoms with Crippen LogP contribution in [0.4, 0.5) is 0 Å². The second-order valence-electron chi connectivity index (χ2n) is 5.30. The van der Waals surface area contributed by atoms with Gasteiger partial charge < -0.3 is 19.9 Å². The molecule has 1 aliphatic rings. The van der Waals surface area contributed by atoms with E-state index in [1.165, 1.54) is 0 Å². The van der Waals surface area contributed by atoms with Crippen LogP contribution >= 0.6 is 0 Å². The van der Waals surface area contributed by atoms with Crippen LogP contribution in [0, 0.1) is 13.8 Å². The fourth-order valence-corrected chi connectivity index (χ4v) is 2.19. The molecule has 1 aromatic carbocycles. The lowest BCUT2D eigenvalue weighted by Crippen LogP contribution is -2.56. The summed E-state index contributed by atoms with van der Waals surface area (Å²) in [5.74, 6) is -0.930. The summed E-state index contributed by atoms with van der Waals surface area (Å²) in [6.07, 6.45) is 0.261. The lowest BCUT2D eigenvalue weighted by atomic mass is 9.99. The number of aliphatic carboxylic acids is 1. The van der Waals surface area contributed by atoms with Crippen molar-refractivity contribution < 1.29 is 24.2 Å². The Hall–Kier alpha value is -2.08. The molecule has 6 nitrogen and oxygen atoms in total. The number of ether oxygens (including phenoxy) is 2. The van der Waals surface area contributed by atoms with Gasteiger partial charge in [-0.3, -0.25) is 4.79 Å². The number of carboxylic acids is 1. The second-order valence-corrected chi connectivity index (χ2v) is 5.30. The quantitative estimate of drug-likeness (QED) is 0.847. The van der Waals surface area contributed by atoms with Gasteiger partial charge in [0, 0.05) is 13.0 Å². The summed E-state index contributed by atoms with van der Waals surface area (Å²) in [4.78, 5) is 23.2. The Morgan fingerprint density at radius 2 is 2.19 bits per heavy atom. The van der Waals surface area contributed by atoms with Gasteiger partial charge in [0.15, 0.2) is 12.1 Å². The highest BCUT2D eigenvalue weighted by molar-refractivity contribution is 5.88. The Kier molecular flexibility index (Phi) is 4.47. The minimum atomic E-state index is -1.33. The zero-order valence-corrected chi connectivity index (χ0v) is 12.1. The van der Waals surface area contributed by atoms with Crippen LogP contribution in [0.3, 0.4) is 0 Å². The van der Waals surface area contributed by atoms with E-state index in [2.05, 4.69) is 5.32 Å². The number of carboxylic acid groups (broad SMARTS) is 1. The van der Waals surface area contributed by atoms with E-state index in [4.69, 9.17) is 9.47 Å². The van der Waals surface area contributed by atoms with Crippen molar-refractivity contribution in [3.05, 3.63) is 29.3 Å². The number of carbonyl (C=O) groups is 2. The van der Waals surface area contributed by atoms with Crippen LogP contribution in [0.5, 0.6) is 5.75 Å². The number of hydrogen-bond acceptors (Lipinski definition) is 4. The van der Waals surface area contributed by atoms with E-state index in [-0.39, 0.29) is 19.6 Å². The third kappa shape index (κ3) is 3.52. The minimum Gasteiger partial charge on any atom is -0.483 e. The van der Waals surface area contributed by atoms with Crippen LogP contribution in [0.2, 0.25) is 0 Å². The first-order chi connectivity index (χ1) is 9.93. The maximum absolute atomic E-state index is 11.9. The lowest BCUT2D eigenvalue weighted by molar-refractivity contribution is -0.148. The second kappa shape index (κ2) is 6.13. The highest BCUT2D eigenvalue weighted by atomic mass is 16.5. The Labute approximate surface area is 123 Å². The predicted octanol–water partition coefficient (Wildman–Crippen LogP) is 1.04. The van der Waals surface area contributed by atoms with Crippen molar-refractivity contribution in [1.29, 1.82) is 0 Å². The van der Waals surface area contributed by atoms with Gasteiger partial charge >= 0.3 is 5.97 Å². The molecule has 1 heterocycles. The van der Waals surface area contributed by atoms with Crippen LogP contribution in [-0.2, 0) is 14.3 Å². The van der Waals surface area contributed by atoms with E-state index in [1.807, 2.05) is 32.0 Å². The van der Waals surface area contributed by atoms with Gasteiger partial charge in [0.05, 0.1) is 6.61 Å². The van der Waals surface area contributed by atoms with E-state index < -0.39 is 17.4 Å². The van der Waals surface area contributed by atoms with Crippen molar-refractivity contribution in [1.82, 2.24) is 5.32 Å². The van der Waals surface area contributed by atoms with E-state index in [0.29, 0.717) is 12.4 Å². The smallest absolute Gasteiger partial charge is 0.331 e. The van der Waals surface area contributed by atoms with Crippen molar-refractivity contribution in [2.75, 3.05) is 19.8 Å². The molecule has 0 bridgehead atoms. The Bertz CT molecular complexity index is 549. The average Bonchev–Trinajstić information content (AvgIpc) is 2.89. The van der Waals surface area contributed by atoms with Crippen LogP contribution in [-0.4, -0.2) is 42.3 Å². The molecule has 0 saturated carbocycles. The number of carbonyl (C=O) groups excluding carboxylic acids is 1. The molecule has 1 unspecified atom stereocenters. The third-order valence-electron chi connectivity index (χ3n) is 3.51. The minimum absolute atomic E-state index is 0.0163. The Morgan fingerprint density at radius 3 is 2.81 bits per heavy atom. The number of aryl methyl sites for hydroxylation is 2. The zero-order valence-electron chi connectivity index (χ0n) is 12.1. The van der Waals surface area contributed by atoms with Crippen LogP contribution in [0.25, 0.3) is 0 Å². The highest BCUT2D eigenvalue weighted by Crippen LogP contribution is 2.20. The van der Waals surface area contributed by atoms with E-state index in [9.17, 15) is 14.7 Å². The first kappa shape index (κ1) is 15.3. The van der Waals surface area contributed by atoms with Gasteiger partial charge in [0.2, 0.25) is 0 Å². The maximum Gasteiger partial charge on any atom is 0.331 e. The fourth-order valence-electron chi connectivity index (χ4n) is 2.19. The van der Waals surface area contributed by atoms with Gasteiger partial charge in [0.1, 0.15) is 5.75 Å². The molecule has 2 rings (SSSR count). The molecule has 0 radical (unpaired) electrons. The monoisotopic (exact) mass is 293 g/mol. The van der Waals surface area contributed by atoms with Gasteiger partial charge in [-0.05, 0) is 31.0 Å².